The van der Waals surface area contributed by atoms with Crippen molar-refractivity contribution in [1.82, 2.24) is 4.31 Å². The molecule has 0 atom stereocenters. The predicted molar refractivity (Wildman–Crippen MR) is 111 cm³/mol. The van der Waals surface area contributed by atoms with E-state index in [-0.39, 0.29) is 26.9 Å². The Hall–Kier alpha value is -2.69. The number of nitrogens with zero attached hydrogens (tertiary/aromatic N) is 1. The molecule has 1 saturated heterocycles. The number of hydrogen-bond donors (Lipinski definition) is 1. The monoisotopic (exact) mass is 470 g/mol. The summed E-state index contributed by atoms with van der Waals surface area (Å²) in [5.74, 6) is -2.32. The van der Waals surface area contributed by atoms with Gasteiger partial charge in [0.15, 0.2) is 6.61 Å². The van der Waals surface area contributed by atoms with E-state index in [2.05, 4.69) is 5.32 Å². The second-order valence-electron chi connectivity index (χ2n) is 6.73. The highest BCUT2D eigenvalue weighted by atomic mass is 35.5. The SMILES string of the molecule is COc1ccc(C(=O)OCC(=O)Nc2ccc(Cl)cc2F)cc1S(=O)(=O)N1CCCC1. The molecule has 3 rings (SSSR count). The lowest BCUT2D eigenvalue weighted by Gasteiger charge is -2.18. The number of carbonyl (C=O) groups is 2. The van der Waals surface area contributed by atoms with E-state index in [1.54, 1.807) is 0 Å². The minimum atomic E-state index is -3.85. The van der Waals surface area contributed by atoms with Gasteiger partial charge in [0.2, 0.25) is 10.0 Å². The van der Waals surface area contributed by atoms with Crippen molar-refractivity contribution in [3.05, 3.63) is 52.8 Å². The number of amides is 1. The summed E-state index contributed by atoms with van der Waals surface area (Å²) in [7, 11) is -2.52. The molecule has 0 bridgehead atoms. The second kappa shape index (κ2) is 9.63. The molecule has 1 N–H and O–H groups in total. The number of carbonyl (C=O) groups excluding carboxylic acids is 2. The molecular formula is C20H20ClFN2O6S. The third-order valence-corrected chi connectivity index (χ3v) is 6.78. The van der Waals surface area contributed by atoms with Gasteiger partial charge >= 0.3 is 5.97 Å². The molecule has 31 heavy (non-hydrogen) atoms. The van der Waals surface area contributed by atoms with Crippen LogP contribution in [0.25, 0.3) is 0 Å². The molecule has 11 heteroatoms. The molecule has 1 aliphatic heterocycles. The average Bonchev–Trinajstić information content (AvgIpc) is 3.29. The highest BCUT2D eigenvalue weighted by Crippen LogP contribution is 2.30. The number of halogens is 2. The van der Waals surface area contributed by atoms with Crippen molar-refractivity contribution in [2.75, 3.05) is 32.1 Å². The molecule has 2 aromatic carbocycles. The van der Waals surface area contributed by atoms with Gasteiger partial charge in [0, 0.05) is 18.1 Å². The van der Waals surface area contributed by atoms with Crippen molar-refractivity contribution < 1.29 is 31.9 Å². The van der Waals surface area contributed by atoms with Gasteiger partial charge in [0.25, 0.3) is 5.91 Å². The summed E-state index contributed by atoms with van der Waals surface area (Å²) in [4.78, 5) is 24.2. The van der Waals surface area contributed by atoms with Crippen LogP contribution in [0.4, 0.5) is 10.1 Å². The molecule has 0 unspecified atom stereocenters. The van der Waals surface area contributed by atoms with Crippen LogP contribution in [-0.2, 0) is 19.6 Å². The van der Waals surface area contributed by atoms with E-state index < -0.39 is 34.3 Å². The van der Waals surface area contributed by atoms with Crippen LogP contribution >= 0.6 is 11.6 Å². The number of rotatable bonds is 7. The van der Waals surface area contributed by atoms with Crippen LogP contribution in [0, 0.1) is 5.82 Å². The summed E-state index contributed by atoms with van der Waals surface area (Å²) in [6.45, 7) is 0.0876. The number of sulfonamides is 1. The molecule has 0 spiro atoms. The third kappa shape index (κ3) is 5.33. The van der Waals surface area contributed by atoms with Gasteiger partial charge in [-0.3, -0.25) is 4.79 Å². The Morgan fingerprint density at radius 3 is 2.52 bits per heavy atom. The lowest BCUT2D eigenvalue weighted by atomic mass is 10.2. The average molecular weight is 471 g/mol. The summed E-state index contributed by atoms with van der Waals surface area (Å²) in [5.41, 5.74) is -0.182. The van der Waals surface area contributed by atoms with Crippen molar-refractivity contribution in [3.8, 4) is 5.75 Å². The lowest BCUT2D eigenvalue weighted by molar-refractivity contribution is -0.119. The normalized spacial score (nSPS) is 14.3. The second-order valence-corrected chi connectivity index (χ2v) is 9.07. The summed E-state index contributed by atoms with van der Waals surface area (Å²) in [6.07, 6.45) is 1.51. The van der Waals surface area contributed by atoms with Crippen molar-refractivity contribution in [3.63, 3.8) is 0 Å². The Bertz CT molecular complexity index is 1100. The van der Waals surface area contributed by atoms with E-state index in [0.29, 0.717) is 13.1 Å². The van der Waals surface area contributed by atoms with E-state index in [1.807, 2.05) is 0 Å². The lowest BCUT2D eigenvalue weighted by Crippen LogP contribution is -2.28. The molecule has 2 aromatic rings. The van der Waals surface area contributed by atoms with Gasteiger partial charge in [-0.25, -0.2) is 17.6 Å². The molecule has 0 aliphatic carbocycles. The Balaban J connectivity index is 1.71. The minimum absolute atomic E-state index is 0.0657. The Labute approximate surface area is 183 Å². The molecule has 0 radical (unpaired) electrons. The van der Waals surface area contributed by atoms with Crippen LogP contribution in [-0.4, -0.2) is 51.4 Å². The zero-order chi connectivity index (χ0) is 22.6. The summed E-state index contributed by atoms with van der Waals surface area (Å²) in [5, 5.41) is 2.43. The molecule has 8 nitrogen and oxygen atoms in total. The smallest absolute Gasteiger partial charge is 0.338 e. The first-order chi connectivity index (χ1) is 14.7. The fourth-order valence-corrected chi connectivity index (χ4v) is 4.92. The van der Waals surface area contributed by atoms with Gasteiger partial charge < -0.3 is 14.8 Å². The molecule has 1 amide bonds. The molecule has 1 aliphatic rings. The standard InChI is InChI=1S/C20H20ClFN2O6S/c1-29-17-7-4-13(10-18(17)31(27,28)24-8-2-3-9-24)20(26)30-12-19(25)23-16-6-5-14(21)11-15(16)22/h4-7,10-11H,2-3,8-9,12H2,1H3,(H,23,25). The van der Waals surface area contributed by atoms with E-state index in [4.69, 9.17) is 21.1 Å². The van der Waals surface area contributed by atoms with Gasteiger partial charge in [-0.2, -0.15) is 4.31 Å². The number of anilines is 1. The summed E-state index contributed by atoms with van der Waals surface area (Å²) in [6, 6.07) is 7.54. The Kier molecular flexibility index (Phi) is 7.14. The van der Waals surface area contributed by atoms with Crippen LogP contribution in [0.5, 0.6) is 5.75 Å². The van der Waals surface area contributed by atoms with Gasteiger partial charge in [-0.05, 0) is 49.2 Å². The zero-order valence-corrected chi connectivity index (χ0v) is 18.1. The van der Waals surface area contributed by atoms with Gasteiger partial charge in [0.05, 0.1) is 18.4 Å². The highest BCUT2D eigenvalue weighted by Gasteiger charge is 2.31. The van der Waals surface area contributed by atoms with Crippen LogP contribution in [0.15, 0.2) is 41.3 Å². The maximum atomic E-state index is 13.8. The van der Waals surface area contributed by atoms with Crippen LogP contribution in [0.1, 0.15) is 23.2 Å². The van der Waals surface area contributed by atoms with E-state index in [0.717, 1.165) is 25.0 Å². The first kappa shape index (κ1) is 23.0. The molecule has 0 aromatic heterocycles. The number of ether oxygens (including phenoxy) is 2. The first-order valence-electron chi connectivity index (χ1n) is 9.32. The largest absolute Gasteiger partial charge is 0.495 e. The predicted octanol–water partition coefficient (Wildman–Crippen LogP) is 3.07. The first-order valence-corrected chi connectivity index (χ1v) is 11.1. The Morgan fingerprint density at radius 1 is 1.16 bits per heavy atom. The van der Waals surface area contributed by atoms with E-state index >= 15 is 0 Å². The minimum Gasteiger partial charge on any atom is -0.495 e. The van der Waals surface area contributed by atoms with Crippen molar-refractivity contribution in [1.29, 1.82) is 0 Å². The van der Waals surface area contributed by atoms with Crippen LogP contribution < -0.4 is 10.1 Å². The maximum Gasteiger partial charge on any atom is 0.338 e. The Morgan fingerprint density at radius 2 is 1.87 bits per heavy atom. The molecule has 0 saturated carbocycles. The zero-order valence-electron chi connectivity index (χ0n) is 16.6. The van der Waals surface area contributed by atoms with E-state index in [1.165, 1.54) is 35.7 Å². The topological polar surface area (TPSA) is 102 Å². The fraction of sp³-hybridized carbons (Fsp3) is 0.300. The third-order valence-electron chi connectivity index (χ3n) is 4.62. The number of hydrogen-bond acceptors (Lipinski definition) is 6. The van der Waals surface area contributed by atoms with Crippen molar-refractivity contribution >= 4 is 39.2 Å². The highest BCUT2D eigenvalue weighted by molar-refractivity contribution is 7.89. The summed E-state index contributed by atoms with van der Waals surface area (Å²) >= 11 is 5.66. The van der Waals surface area contributed by atoms with E-state index in [9.17, 15) is 22.4 Å². The molecule has 1 heterocycles. The van der Waals surface area contributed by atoms with Gasteiger partial charge in [-0.15, -0.1) is 0 Å². The fourth-order valence-electron chi connectivity index (χ4n) is 3.06. The molecular weight excluding hydrogens is 451 g/mol. The van der Waals surface area contributed by atoms with Crippen LogP contribution in [0.3, 0.4) is 0 Å². The molecule has 166 valence electrons. The maximum absolute atomic E-state index is 13.8. The van der Waals surface area contributed by atoms with Gasteiger partial charge in [0.1, 0.15) is 16.5 Å². The van der Waals surface area contributed by atoms with Crippen LogP contribution in [0.2, 0.25) is 5.02 Å². The number of nitrogens with one attached hydrogen (secondary N) is 1. The number of methoxy groups -OCH3 is 1. The number of esters is 1. The number of benzene rings is 2. The van der Waals surface area contributed by atoms with Crippen molar-refractivity contribution in [2.24, 2.45) is 0 Å². The quantitative estimate of drug-likeness (QED) is 0.624. The van der Waals surface area contributed by atoms with Gasteiger partial charge in [-0.1, -0.05) is 11.6 Å². The van der Waals surface area contributed by atoms with Crippen molar-refractivity contribution in [2.45, 2.75) is 17.7 Å². The summed E-state index contributed by atoms with van der Waals surface area (Å²) < 4.78 is 51.0. The molecule has 1 fully saturated rings.